The topological polar surface area (TPSA) is 52.9 Å². The van der Waals surface area contributed by atoms with Crippen molar-refractivity contribution in [2.24, 2.45) is 11.8 Å². The van der Waals surface area contributed by atoms with Crippen LogP contribution in [-0.2, 0) is 4.79 Å². The SMILES string of the molecule is CC1CCC(C(=O)NCCC#N)CC1. The van der Waals surface area contributed by atoms with Gasteiger partial charge < -0.3 is 5.32 Å². The van der Waals surface area contributed by atoms with Crippen molar-refractivity contribution >= 4 is 5.91 Å². The van der Waals surface area contributed by atoms with Gasteiger partial charge in [0.2, 0.25) is 5.91 Å². The van der Waals surface area contributed by atoms with E-state index in [9.17, 15) is 4.79 Å². The molecule has 0 unspecified atom stereocenters. The third-order valence-corrected chi connectivity index (χ3v) is 2.92. The summed E-state index contributed by atoms with van der Waals surface area (Å²) in [4.78, 5) is 11.6. The molecule has 0 aliphatic heterocycles. The molecular weight excluding hydrogens is 176 g/mol. The second kappa shape index (κ2) is 5.64. The second-order valence-electron chi connectivity index (χ2n) is 4.16. The number of nitrogens with zero attached hydrogens (tertiary/aromatic N) is 1. The highest BCUT2D eigenvalue weighted by Gasteiger charge is 2.23. The zero-order chi connectivity index (χ0) is 10.4. The van der Waals surface area contributed by atoms with Crippen molar-refractivity contribution in [1.82, 2.24) is 5.32 Å². The Morgan fingerprint density at radius 1 is 1.43 bits per heavy atom. The lowest BCUT2D eigenvalue weighted by Gasteiger charge is -2.25. The molecule has 0 aromatic carbocycles. The number of rotatable bonds is 3. The van der Waals surface area contributed by atoms with Crippen molar-refractivity contribution in [3.8, 4) is 6.07 Å². The Kier molecular flexibility index (Phi) is 4.45. The molecule has 1 saturated carbocycles. The van der Waals surface area contributed by atoms with Gasteiger partial charge in [0.25, 0.3) is 0 Å². The van der Waals surface area contributed by atoms with E-state index < -0.39 is 0 Å². The summed E-state index contributed by atoms with van der Waals surface area (Å²) in [5.74, 6) is 1.12. The number of hydrogen-bond donors (Lipinski definition) is 1. The zero-order valence-electron chi connectivity index (χ0n) is 8.75. The van der Waals surface area contributed by atoms with Gasteiger partial charge in [-0.1, -0.05) is 6.92 Å². The number of nitriles is 1. The van der Waals surface area contributed by atoms with E-state index in [1.165, 1.54) is 0 Å². The highest BCUT2D eigenvalue weighted by molar-refractivity contribution is 5.78. The van der Waals surface area contributed by atoms with Gasteiger partial charge in [0.05, 0.1) is 12.5 Å². The number of carbonyl (C=O) groups excluding carboxylic acids is 1. The summed E-state index contributed by atoms with van der Waals surface area (Å²) in [6, 6.07) is 2.02. The maximum Gasteiger partial charge on any atom is 0.223 e. The van der Waals surface area contributed by atoms with Crippen LogP contribution in [0.1, 0.15) is 39.0 Å². The van der Waals surface area contributed by atoms with E-state index in [4.69, 9.17) is 5.26 Å². The van der Waals surface area contributed by atoms with Crippen LogP contribution in [0, 0.1) is 23.2 Å². The van der Waals surface area contributed by atoms with E-state index in [0.717, 1.165) is 31.6 Å². The van der Waals surface area contributed by atoms with Gasteiger partial charge in [-0.2, -0.15) is 5.26 Å². The van der Waals surface area contributed by atoms with Crippen LogP contribution in [0.5, 0.6) is 0 Å². The van der Waals surface area contributed by atoms with Crippen LogP contribution in [0.25, 0.3) is 0 Å². The van der Waals surface area contributed by atoms with Crippen LogP contribution in [0.3, 0.4) is 0 Å². The van der Waals surface area contributed by atoms with Gasteiger partial charge in [-0.05, 0) is 31.6 Å². The minimum atomic E-state index is 0.146. The molecule has 3 heteroatoms. The molecule has 0 spiro atoms. The highest BCUT2D eigenvalue weighted by atomic mass is 16.1. The normalized spacial score (nSPS) is 26.6. The number of amides is 1. The molecule has 1 fully saturated rings. The van der Waals surface area contributed by atoms with Gasteiger partial charge in [0, 0.05) is 12.5 Å². The average Bonchev–Trinajstić information content (AvgIpc) is 2.19. The Labute approximate surface area is 85.5 Å². The molecule has 78 valence electrons. The predicted molar refractivity (Wildman–Crippen MR) is 54.4 cm³/mol. The molecule has 1 amide bonds. The van der Waals surface area contributed by atoms with E-state index in [0.29, 0.717) is 13.0 Å². The molecule has 0 aromatic heterocycles. The molecule has 0 bridgehead atoms. The van der Waals surface area contributed by atoms with Crippen LogP contribution < -0.4 is 5.32 Å². The van der Waals surface area contributed by atoms with Crippen molar-refractivity contribution in [2.75, 3.05) is 6.54 Å². The maximum atomic E-state index is 11.6. The van der Waals surface area contributed by atoms with E-state index in [1.807, 2.05) is 6.07 Å². The lowest BCUT2D eigenvalue weighted by molar-refractivity contribution is -0.126. The van der Waals surface area contributed by atoms with Crippen LogP contribution in [0.2, 0.25) is 0 Å². The Morgan fingerprint density at radius 2 is 2.07 bits per heavy atom. The third-order valence-electron chi connectivity index (χ3n) is 2.92. The summed E-state index contributed by atoms with van der Waals surface area (Å²) in [6.07, 6.45) is 4.76. The summed E-state index contributed by atoms with van der Waals surface area (Å²) in [6.45, 7) is 2.74. The molecule has 14 heavy (non-hydrogen) atoms. The molecule has 1 rings (SSSR count). The van der Waals surface area contributed by atoms with Crippen molar-refractivity contribution in [2.45, 2.75) is 39.0 Å². The predicted octanol–water partition coefficient (Wildman–Crippen LogP) is 1.84. The van der Waals surface area contributed by atoms with Gasteiger partial charge >= 0.3 is 0 Å². The molecule has 0 heterocycles. The summed E-state index contributed by atoms with van der Waals surface area (Å²) >= 11 is 0. The van der Waals surface area contributed by atoms with E-state index in [1.54, 1.807) is 0 Å². The number of nitrogens with one attached hydrogen (secondary N) is 1. The van der Waals surface area contributed by atoms with Crippen LogP contribution in [-0.4, -0.2) is 12.5 Å². The molecule has 1 aliphatic rings. The van der Waals surface area contributed by atoms with Crippen LogP contribution >= 0.6 is 0 Å². The summed E-state index contributed by atoms with van der Waals surface area (Å²) in [7, 11) is 0. The van der Waals surface area contributed by atoms with E-state index >= 15 is 0 Å². The molecule has 0 atom stereocenters. The van der Waals surface area contributed by atoms with Crippen molar-refractivity contribution in [1.29, 1.82) is 5.26 Å². The second-order valence-corrected chi connectivity index (χ2v) is 4.16. The highest BCUT2D eigenvalue weighted by Crippen LogP contribution is 2.28. The van der Waals surface area contributed by atoms with Crippen molar-refractivity contribution in [3.63, 3.8) is 0 Å². The van der Waals surface area contributed by atoms with Crippen molar-refractivity contribution < 1.29 is 4.79 Å². The lowest BCUT2D eigenvalue weighted by atomic mass is 9.82. The first-order valence-corrected chi connectivity index (χ1v) is 5.38. The average molecular weight is 194 g/mol. The number of hydrogen-bond acceptors (Lipinski definition) is 2. The van der Waals surface area contributed by atoms with E-state index in [2.05, 4.69) is 12.2 Å². The van der Waals surface area contributed by atoms with Crippen LogP contribution in [0.4, 0.5) is 0 Å². The molecule has 0 radical (unpaired) electrons. The Morgan fingerprint density at radius 3 is 2.64 bits per heavy atom. The molecule has 0 saturated heterocycles. The van der Waals surface area contributed by atoms with Gasteiger partial charge in [0.1, 0.15) is 0 Å². The monoisotopic (exact) mass is 194 g/mol. The molecule has 0 aromatic rings. The summed E-state index contributed by atoms with van der Waals surface area (Å²) < 4.78 is 0. The summed E-state index contributed by atoms with van der Waals surface area (Å²) in [5, 5.41) is 11.1. The third kappa shape index (κ3) is 3.37. The largest absolute Gasteiger partial charge is 0.355 e. The minimum absolute atomic E-state index is 0.146. The number of carbonyl (C=O) groups is 1. The molecule has 1 N–H and O–H groups in total. The first kappa shape index (κ1) is 11.0. The fourth-order valence-electron chi connectivity index (χ4n) is 1.91. The van der Waals surface area contributed by atoms with Crippen LogP contribution in [0.15, 0.2) is 0 Å². The van der Waals surface area contributed by atoms with Gasteiger partial charge in [-0.3, -0.25) is 4.79 Å². The Bertz CT molecular complexity index is 224. The molecule has 3 nitrogen and oxygen atoms in total. The fraction of sp³-hybridized carbons (Fsp3) is 0.818. The quantitative estimate of drug-likeness (QED) is 0.697. The lowest BCUT2D eigenvalue weighted by Crippen LogP contribution is -2.33. The van der Waals surface area contributed by atoms with Crippen molar-refractivity contribution in [3.05, 3.63) is 0 Å². The van der Waals surface area contributed by atoms with Gasteiger partial charge in [-0.25, -0.2) is 0 Å². The first-order valence-electron chi connectivity index (χ1n) is 5.38. The van der Waals surface area contributed by atoms with Gasteiger partial charge in [0.15, 0.2) is 0 Å². The molecule has 1 aliphatic carbocycles. The molecular formula is C11H18N2O. The van der Waals surface area contributed by atoms with E-state index in [-0.39, 0.29) is 11.8 Å². The summed E-state index contributed by atoms with van der Waals surface area (Å²) in [5.41, 5.74) is 0. The smallest absolute Gasteiger partial charge is 0.223 e. The Hall–Kier alpha value is -1.04. The zero-order valence-corrected chi connectivity index (χ0v) is 8.75. The maximum absolute atomic E-state index is 11.6. The van der Waals surface area contributed by atoms with Gasteiger partial charge in [-0.15, -0.1) is 0 Å². The fourth-order valence-corrected chi connectivity index (χ4v) is 1.91. The Balaban J connectivity index is 2.21. The minimum Gasteiger partial charge on any atom is -0.355 e. The standard InChI is InChI=1S/C11H18N2O/c1-9-3-5-10(6-4-9)11(14)13-8-2-7-12/h9-10H,2-6,8H2,1H3,(H,13,14). The first-order chi connectivity index (χ1) is 6.74.